The fraction of sp³-hybridized carbons (Fsp3) is 0.500. The van der Waals surface area contributed by atoms with Crippen LogP contribution in [0.1, 0.15) is 12.5 Å². The summed E-state index contributed by atoms with van der Waals surface area (Å²) in [5.74, 6) is 0.110. The van der Waals surface area contributed by atoms with E-state index in [0.29, 0.717) is 0 Å². The lowest BCUT2D eigenvalue weighted by molar-refractivity contribution is -0.119. The molecule has 1 aromatic carbocycles. The van der Waals surface area contributed by atoms with Crippen LogP contribution in [0.5, 0.6) is 0 Å². The Kier molecular flexibility index (Phi) is 3.30. The molecule has 0 spiro atoms. The van der Waals surface area contributed by atoms with Gasteiger partial charge in [-0.2, -0.15) is 0 Å². The van der Waals surface area contributed by atoms with Crippen molar-refractivity contribution >= 4 is 21.4 Å². The third-order valence-corrected chi connectivity index (χ3v) is 5.75. The highest BCUT2D eigenvalue weighted by molar-refractivity contribution is 7.91. The van der Waals surface area contributed by atoms with Crippen molar-refractivity contribution < 1.29 is 13.2 Å². The Bertz CT molecular complexity index is 642. The van der Waals surface area contributed by atoms with Crippen molar-refractivity contribution in [2.45, 2.75) is 25.4 Å². The molecule has 2 fully saturated rings. The van der Waals surface area contributed by atoms with Crippen molar-refractivity contribution in [2.24, 2.45) is 0 Å². The Morgan fingerprint density at radius 1 is 1.35 bits per heavy atom. The Morgan fingerprint density at radius 2 is 2.15 bits per heavy atom. The van der Waals surface area contributed by atoms with Crippen LogP contribution in [0.3, 0.4) is 0 Å². The van der Waals surface area contributed by atoms with E-state index in [1.54, 1.807) is 4.90 Å². The van der Waals surface area contributed by atoms with Gasteiger partial charge in [-0.3, -0.25) is 4.79 Å². The number of fused-ring (bicyclic) bond motifs is 1. The quantitative estimate of drug-likeness (QED) is 0.855. The number of carbonyl (C=O) groups is 1. The standard InChI is InChI=1S/C14H18N2O3S/c1-2-10-4-3-5-11(6-10)16-13-9-20(18,19)8-12(13)15-7-14(16)17/h3-6,12-13,15H,2,7-9H2,1H3. The van der Waals surface area contributed by atoms with Crippen LogP contribution in [0.15, 0.2) is 24.3 Å². The molecule has 20 heavy (non-hydrogen) atoms. The third kappa shape index (κ3) is 2.33. The Balaban J connectivity index is 1.99. The molecule has 2 saturated heterocycles. The maximum Gasteiger partial charge on any atom is 0.241 e. The minimum atomic E-state index is -3.07. The van der Waals surface area contributed by atoms with E-state index < -0.39 is 9.84 Å². The largest absolute Gasteiger partial charge is 0.306 e. The number of carbonyl (C=O) groups excluding carboxylic acids is 1. The monoisotopic (exact) mass is 294 g/mol. The highest BCUT2D eigenvalue weighted by atomic mass is 32.2. The molecule has 0 aliphatic carbocycles. The molecule has 0 radical (unpaired) electrons. The first-order valence-electron chi connectivity index (χ1n) is 6.85. The second kappa shape index (κ2) is 4.86. The number of piperazine rings is 1. The molecule has 3 rings (SSSR count). The van der Waals surface area contributed by atoms with Gasteiger partial charge in [0.2, 0.25) is 5.91 Å². The fourth-order valence-corrected chi connectivity index (χ4v) is 4.95. The summed E-state index contributed by atoms with van der Waals surface area (Å²) < 4.78 is 23.7. The van der Waals surface area contributed by atoms with Crippen LogP contribution in [0.4, 0.5) is 5.69 Å². The summed E-state index contributed by atoms with van der Waals surface area (Å²) in [7, 11) is -3.07. The molecule has 0 aromatic heterocycles. The van der Waals surface area contributed by atoms with Gasteiger partial charge in [-0.25, -0.2) is 8.42 Å². The van der Waals surface area contributed by atoms with Crippen LogP contribution in [0.25, 0.3) is 0 Å². The van der Waals surface area contributed by atoms with Crippen molar-refractivity contribution in [3.8, 4) is 0 Å². The smallest absolute Gasteiger partial charge is 0.241 e. The Labute approximate surface area is 118 Å². The minimum Gasteiger partial charge on any atom is -0.306 e. The summed E-state index contributed by atoms with van der Waals surface area (Å²) in [5, 5.41) is 3.04. The molecule has 108 valence electrons. The molecule has 2 atom stereocenters. The summed E-state index contributed by atoms with van der Waals surface area (Å²) in [6.45, 7) is 2.26. The molecule has 5 nitrogen and oxygen atoms in total. The lowest BCUT2D eigenvalue weighted by atomic mass is 10.0. The number of rotatable bonds is 2. The summed E-state index contributed by atoms with van der Waals surface area (Å²) in [6, 6.07) is 7.35. The summed E-state index contributed by atoms with van der Waals surface area (Å²) >= 11 is 0. The van der Waals surface area contributed by atoms with Gasteiger partial charge in [0.1, 0.15) is 0 Å². The Morgan fingerprint density at radius 3 is 2.90 bits per heavy atom. The number of nitrogens with zero attached hydrogens (tertiary/aromatic N) is 1. The van der Waals surface area contributed by atoms with Crippen molar-refractivity contribution in [2.75, 3.05) is 23.0 Å². The number of anilines is 1. The zero-order chi connectivity index (χ0) is 14.3. The molecule has 1 N–H and O–H groups in total. The van der Waals surface area contributed by atoms with Crippen LogP contribution in [-0.2, 0) is 21.1 Å². The van der Waals surface area contributed by atoms with Crippen LogP contribution < -0.4 is 10.2 Å². The van der Waals surface area contributed by atoms with Gasteiger partial charge in [-0.1, -0.05) is 19.1 Å². The lowest BCUT2D eigenvalue weighted by Crippen LogP contribution is -2.60. The first-order valence-corrected chi connectivity index (χ1v) is 8.67. The summed E-state index contributed by atoms with van der Waals surface area (Å²) in [6.07, 6.45) is 0.889. The lowest BCUT2D eigenvalue weighted by Gasteiger charge is -2.37. The van der Waals surface area contributed by atoms with Crippen LogP contribution in [0, 0.1) is 0 Å². The number of benzene rings is 1. The van der Waals surface area contributed by atoms with Gasteiger partial charge in [0, 0.05) is 11.7 Å². The van der Waals surface area contributed by atoms with Gasteiger partial charge in [0.05, 0.1) is 24.1 Å². The number of amides is 1. The number of hydrogen-bond acceptors (Lipinski definition) is 4. The van der Waals surface area contributed by atoms with E-state index >= 15 is 0 Å². The average Bonchev–Trinajstić information content (AvgIpc) is 2.73. The van der Waals surface area contributed by atoms with Crippen molar-refractivity contribution in [3.63, 3.8) is 0 Å². The molecule has 1 aromatic rings. The topological polar surface area (TPSA) is 66.5 Å². The molecule has 2 aliphatic rings. The van der Waals surface area contributed by atoms with E-state index in [0.717, 1.165) is 17.7 Å². The third-order valence-electron chi connectivity index (χ3n) is 4.04. The zero-order valence-electron chi connectivity index (χ0n) is 11.4. The van der Waals surface area contributed by atoms with E-state index in [-0.39, 0.29) is 36.0 Å². The van der Waals surface area contributed by atoms with E-state index in [2.05, 4.69) is 12.2 Å². The predicted molar refractivity (Wildman–Crippen MR) is 77.5 cm³/mol. The molecular weight excluding hydrogens is 276 g/mol. The molecule has 2 aliphatic heterocycles. The number of hydrogen-bond donors (Lipinski definition) is 1. The van der Waals surface area contributed by atoms with Gasteiger partial charge >= 0.3 is 0 Å². The van der Waals surface area contributed by atoms with E-state index in [1.165, 1.54) is 0 Å². The highest BCUT2D eigenvalue weighted by Crippen LogP contribution is 2.28. The van der Waals surface area contributed by atoms with Crippen LogP contribution in [0.2, 0.25) is 0 Å². The molecular formula is C14H18N2O3S. The maximum atomic E-state index is 12.2. The molecule has 2 unspecified atom stereocenters. The zero-order valence-corrected chi connectivity index (χ0v) is 12.2. The average molecular weight is 294 g/mol. The van der Waals surface area contributed by atoms with Crippen molar-refractivity contribution in [1.29, 1.82) is 0 Å². The second-order valence-electron chi connectivity index (χ2n) is 5.42. The molecule has 0 bridgehead atoms. The van der Waals surface area contributed by atoms with Gasteiger partial charge in [-0.15, -0.1) is 0 Å². The predicted octanol–water partition coefficient (Wildman–Crippen LogP) is 0.351. The molecule has 1 amide bonds. The van der Waals surface area contributed by atoms with Gasteiger partial charge in [0.15, 0.2) is 9.84 Å². The van der Waals surface area contributed by atoms with Crippen molar-refractivity contribution in [3.05, 3.63) is 29.8 Å². The van der Waals surface area contributed by atoms with E-state index in [9.17, 15) is 13.2 Å². The van der Waals surface area contributed by atoms with Crippen LogP contribution >= 0.6 is 0 Å². The van der Waals surface area contributed by atoms with Gasteiger partial charge in [-0.05, 0) is 24.1 Å². The number of sulfone groups is 1. The first-order chi connectivity index (χ1) is 9.50. The van der Waals surface area contributed by atoms with Gasteiger partial charge in [0.25, 0.3) is 0 Å². The Hall–Kier alpha value is -1.40. The normalized spacial score (nSPS) is 28.4. The fourth-order valence-electron chi connectivity index (χ4n) is 3.03. The molecule has 2 heterocycles. The summed E-state index contributed by atoms with van der Waals surface area (Å²) in [5.41, 5.74) is 1.95. The molecule has 0 saturated carbocycles. The number of nitrogens with one attached hydrogen (secondary N) is 1. The SMILES string of the molecule is CCc1cccc(N2C(=O)CNC3CS(=O)(=O)CC32)c1. The second-order valence-corrected chi connectivity index (χ2v) is 7.57. The number of aryl methyl sites for hydroxylation is 1. The maximum absolute atomic E-state index is 12.2. The summed E-state index contributed by atoms with van der Waals surface area (Å²) in [4.78, 5) is 13.9. The van der Waals surface area contributed by atoms with E-state index in [1.807, 2.05) is 24.3 Å². The minimum absolute atomic E-state index is 0.0484. The molecule has 6 heteroatoms. The van der Waals surface area contributed by atoms with E-state index in [4.69, 9.17) is 0 Å². The highest BCUT2D eigenvalue weighted by Gasteiger charge is 2.45. The van der Waals surface area contributed by atoms with Crippen LogP contribution in [-0.4, -0.2) is 44.5 Å². The first kappa shape index (κ1) is 13.6. The van der Waals surface area contributed by atoms with Gasteiger partial charge < -0.3 is 10.2 Å². The van der Waals surface area contributed by atoms with Crippen molar-refractivity contribution in [1.82, 2.24) is 5.32 Å².